The summed E-state index contributed by atoms with van der Waals surface area (Å²) >= 11 is 0. The Kier molecular flexibility index (Phi) is 10.1. The standard InChI is InChI=1S/C10H23N3O3/c1-15-8-3-5-13(7-9-16-2)6-4-10(11)12-14/h14H,3-9H2,1-2H3,(H2,11,12). The Morgan fingerprint density at radius 1 is 1.19 bits per heavy atom. The second-order valence-electron chi connectivity index (χ2n) is 3.52. The zero-order valence-corrected chi connectivity index (χ0v) is 10.2. The predicted molar refractivity (Wildman–Crippen MR) is 62.8 cm³/mol. The van der Waals surface area contributed by atoms with E-state index < -0.39 is 0 Å². The molecule has 0 saturated heterocycles. The minimum absolute atomic E-state index is 0.258. The molecule has 0 aliphatic carbocycles. The molecule has 0 aliphatic rings. The summed E-state index contributed by atoms with van der Waals surface area (Å²) in [6, 6.07) is 0. The third kappa shape index (κ3) is 8.46. The van der Waals surface area contributed by atoms with E-state index in [9.17, 15) is 0 Å². The largest absolute Gasteiger partial charge is 0.409 e. The molecule has 6 heteroatoms. The van der Waals surface area contributed by atoms with Crippen LogP contribution in [0, 0.1) is 0 Å². The lowest BCUT2D eigenvalue weighted by Gasteiger charge is -2.21. The van der Waals surface area contributed by atoms with Crippen LogP contribution < -0.4 is 5.73 Å². The van der Waals surface area contributed by atoms with Crippen molar-refractivity contribution in [2.45, 2.75) is 12.8 Å². The zero-order valence-electron chi connectivity index (χ0n) is 10.2. The fourth-order valence-electron chi connectivity index (χ4n) is 1.31. The molecule has 16 heavy (non-hydrogen) atoms. The predicted octanol–water partition coefficient (Wildman–Crippen LogP) is 0.108. The molecule has 0 radical (unpaired) electrons. The first kappa shape index (κ1) is 15.2. The van der Waals surface area contributed by atoms with Gasteiger partial charge in [0.1, 0.15) is 5.84 Å². The van der Waals surface area contributed by atoms with Gasteiger partial charge >= 0.3 is 0 Å². The summed E-state index contributed by atoms with van der Waals surface area (Å²) in [5, 5.41) is 11.4. The fourth-order valence-corrected chi connectivity index (χ4v) is 1.31. The molecule has 0 rings (SSSR count). The highest BCUT2D eigenvalue weighted by atomic mass is 16.5. The lowest BCUT2D eigenvalue weighted by Crippen LogP contribution is -2.32. The van der Waals surface area contributed by atoms with Gasteiger partial charge in [-0.3, -0.25) is 0 Å². The zero-order chi connectivity index (χ0) is 12.2. The SMILES string of the molecule is COCCCN(CCOC)CCC(N)=NO. The van der Waals surface area contributed by atoms with Crippen molar-refractivity contribution in [2.75, 3.05) is 47.1 Å². The van der Waals surface area contributed by atoms with Crippen molar-refractivity contribution < 1.29 is 14.7 Å². The summed E-state index contributed by atoms with van der Waals surface area (Å²) in [5.74, 6) is 0.258. The molecular formula is C10H23N3O3. The van der Waals surface area contributed by atoms with E-state index in [1.54, 1.807) is 14.2 Å². The maximum Gasteiger partial charge on any atom is 0.140 e. The minimum atomic E-state index is 0.258. The highest BCUT2D eigenvalue weighted by Gasteiger charge is 2.05. The van der Waals surface area contributed by atoms with E-state index in [0.29, 0.717) is 13.0 Å². The maximum absolute atomic E-state index is 8.44. The van der Waals surface area contributed by atoms with Crippen molar-refractivity contribution in [1.82, 2.24) is 4.90 Å². The van der Waals surface area contributed by atoms with Crippen molar-refractivity contribution in [1.29, 1.82) is 0 Å². The van der Waals surface area contributed by atoms with Crippen molar-refractivity contribution >= 4 is 5.84 Å². The molecule has 0 aromatic rings. The van der Waals surface area contributed by atoms with Crippen LogP contribution in [0.5, 0.6) is 0 Å². The quantitative estimate of drug-likeness (QED) is 0.184. The third-order valence-corrected chi connectivity index (χ3v) is 2.25. The number of oxime groups is 1. The lowest BCUT2D eigenvalue weighted by atomic mass is 10.3. The van der Waals surface area contributed by atoms with E-state index >= 15 is 0 Å². The number of methoxy groups -OCH3 is 2. The molecule has 0 unspecified atom stereocenters. The van der Waals surface area contributed by atoms with Crippen LogP contribution in [0.4, 0.5) is 0 Å². The highest BCUT2D eigenvalue weighted by molar-refractivity contribution is 5.79. The monoisotopic (exact) mass is 233 g/mol. The number of amidine groups is 1. The molecule has 0 spiro atoms. The summed E-state index contributed by atoms with van der Waals surface area (Å²) in [6.45, 7) is 3.97. The topological polar surface area (TPSA) is 80.3 Å². The van der Waals surface area contributed by atoms with Crippen LogP contribution >= 0.6 is 0 Å². The van der Waals surface area contributed by atoms with Crippen molar-refractivity contribution in [3.63, 3.8) is 0 Å². The van der Waals surface area contributed by atoms with Gasteiger partial charge in [0, 0.05) is 46.9 Å². The van der Waals surface area contributed by atoms with Gasteiger partial charge < -0.3 is 25.3 Å². The average molecular weight is 233 g/mol. The second-order valence-corrected chi connectivity index (χ2v) is 3.52. The van der Waals surface area contributed by atoms with Crippen molar-refractivity contribution in [3.8, 4) is 0 Å². The van der Waals surface area contributed by atoms with Crippen LogP contribution in [-0.2, 0) is 9.47 Å². The van der Waals surface area contributed by atoms with E-state index in [1.165, 1.54) is 0 Å². The first-order chi connectivity index (χ1) is 7.74. The van der Waals surface area contributed by atoms with Gasteiger partial charge in [-0.2, -0.15) is 0 Å². The van der Waals surface area contributed by atoms with Crippen molar-refractivity contribution in [3.05, 3.63) is 0 Å². The second kappa shape index (κ2) is 10.7. The van der Waals surface area contributed by atoms with Gasteiger partial charge in [-0.15, -0.1) is 0 Å². The van der Waals surface area contributed by atoms with Crippen LogP contribution in [0.3, 0.4) is 0 Å². The number of ether oxygens (including phenoxy) is 2. The smallest absolute Gasteiger partial charge is 0.140 e. The Balaban J connectivity index is 3.79. The van der Waals surface area contributed by atoms with Crippen molar-refractivity contribution in [2.24, 2.45) is 10.9 Å². The van der Waals surface area contributed by atoms with Gasteiger partial charge in [-0.05, 0) is 6.42 Å². The molecule has 0 amide bonds. The normalized spacial score (nSPS) is 12.3. The average Bonchev–Trinajstić information content (AvgIpc) is 2.31. The number of nitrogens with two attached hydrogens (primary N) is 1. The molecule has 0 aromatic heterocycles. The van der Waals surface area contributed by atoms with Crippen LogP contribution in [0.2, 0.25) is 0 Å². The Morgan fingerprint density at radius 2 is 1.88 bits per heavy atom. The molecule has 0 fully saturated rings. The summed E-state index contributed by atoms with van der Waals surface area (Å²) in [6.07, 6.45) is 1.53. The highest BCUT2D eigenvalue weighted by Crippen LogP contribution is 1.95. The molecule has 3 N–H and O–H groups in total. The fraction of sp³-hybridized carbons (Fsp3) is 0.900. The van der Waals surface area contributed by atoms with E-state index in [2.05, 4.69) is 10.1 Å². The molecule has 0 atom stereocenters. The minimum Gasteiger partial charge on any atom is -0.409 e. The number of hydrogen-bond acceptors (Lipinski definition) is 5. The Bertz CT molecular complexity index is 188. The summed E-state index contributed by atoms with van der Waals surface area (Å²) < 4.78 is 10.0. The molecule has 0 bridgehead atoms. The third-order valence-electron chi connectivity index (χ3n) is 2.25. The molecule has 0 aliphatic heterocycles. The number of nitrogens with zero attached hydrogens (tertiary/aromatic N) is 2. The Labute approximate surface area is 97.0 Å². The molecular weight excluding hydrogens is 210 g/mol. The molecule has 0 aromatic carbocycles. The molecule has 0 saturated carbocycles. The molecule has 0 heterocycles. The lowest BCUT2D eigenvalue weighted by molar-refractivity contribution is 0.134. The Morgan fingerprint density at radius 3 is 2.44 bits per heavy atom. The summed E-state index contributed by atoms with van der Waals surface area (Å²) in [7, 11) is 3.37. The maximum atomic E-state index is 8.44. The van der Waals surface area contributed by atoms with Gasteiger partial charge in [0.15, 0.2) is 0 Å². The summed E-state index contributed by atoms with van der Waals surface area (Å²) in [4.78, 5) is 2.21. The van der Waals surface area contributed by atoms with E-state index in [-0.39, 0.29) is 5.84 Å². The van der Waals surface area contributed by atoms with E-state index in [4.69, 9.17) is 20.4 Å². The van der Waals surface area contributed by atoms with E-state index in [0.717, 1.165) is 32.7 Å². The van der Waals surface area contributed by atoms with Gasteiger partial charge in [0.2, 0.25) is 0 Å². The van der Waals surface area contributed by atoms with Gasteiger partial charge in [0.05, 0.1) is 6.61 Å². The van der Waals surface area contributed by atoms with Gasteiger partial charge in [-0.1, -0.05) is 5.16 Å². The van der Waals surface area contributed by atoms with Crippen LogP contribution in [0.25, 0.3) is 0 Å². The van der Waals surface area contributed by atoms with E-state index in [1.807, 2.05) is 0 Å². The van der Waals surface area contributed by atoms with Crippen LogP contribution in [-0.4, -0.2) is 63.0 Å². The number of hydrogen-bond donors (Lipinski definition) is 2. The van der Waals surface area contributed by atoms with Crippen LogP contribution in [0.15, 0.2) is 5.16 Å². The van der Waals surface area contributed by atoms with Crippen LogP contribution in [0.1, 0.15) is 12.8 Å². The number of rotatable bonds is 10. The molecule has 6 nitrogen and oxygen atoms in total. The van der Waals surface area contributed by atoms with Gasteiger partial charge in [-0.25, -0.2) is 0 Å². The summed E-state index contributed by atoms with van der Waals surface area (Å²) in [5.41, 5.74) is 5.42. The first-order valence-electron chi connectivity index (χ1n) is 5.41. The first-order valence-corrected chi connectivity index (χ1v) is 5.41. The Hall–Kier alpha value is -0.850. The molecule has 96 valence electrons. The van der Waals surface area contributed by atoms with Gasteiger partial charge in [0.25, 0.3) is 0 Å².